The average molecular weight is 692 g/mol. The number of nitrogens with zero attached hydrogens (tertiary/aromatic N) is 3. The maximum absolute atomic E-state index is 6.75. The first kappa shape index (κ1) is 29.3. The summed E-state index contributed by atoms with van der Waals surface area (Å²) in [4.78, 5) is 15.3. The van der Waals surface area contributed by atoms with E-state index in [1.807, 2.05) is 97.1 Å². The third kappa shape index (κ3) is 4.20. The summed E-state index contributed by atoms with van der Waals surface area (Å²) < 4.78 is 19.9. The molecule has 9 aromatic rings. The number of rotatable bonds is 4. The molecule has 7 heteroatoms. The Morgan fingerprint density at radius 3 is 1.15 bits per heavy atom. The molecule has 0 aliphatic carbocycles. The van der Waals surface area contributed by atoms with Crippen molar-refractivity contribution in [3.05, 3.63) is 158 Å². The smallest absolute Gasteiger partial charge is 0.270 e. The van der Waals surface area contributed by atoms with Crippen molar-refractivity contribution in [2.75, 3.05) is 0 Å². The van der Waals surface area contributed by atoms with Gasteiger partial charge < -0.3 is 14.2 Å². The van der Waals surface area contributed by atoms with Gasteiger partial charge in [0.05, 0.1) is 0 Å². The zero-order valence-electron chi connectivity index (χ0n) is 28.7. The number of benzene rings is 8. The van der Waals surface area contributed by atoms with Crippen LogP contribution < -0.4 is 30.6 Å². The van der Waals surface area contributed by atoms with Gasteiger partial charge in [-0.05, 0) is 69.1 Å². The molecule has 0 unspecified atom stereocenters. The quantitative estimate of drug-likeness (QED) is 0.135. The average Bonchev–Trinajstić information content (AvgIpc) is 3.23. The van der Waals surface area contributed by atoms with Gasteiger partial charge in [0.25, 0.3) is 6.71 Å². The summed E-state index contributed by atoms with van der Waals surface area (Å²) in [6, 6.07) is 53.7. The van der Waals surface area contributed by atoms with Crippen LogP contribution >= 0.6 is 0 Å². The second kappa shape index (κ2) is 11.1. The molecular weight excluding hydrogens is 665 g/mol. The summed E-state index contributed by atoms with van der Waals surface area (Å²) in [5.41, 5.74) is 8.02. The SMILES string of the molecule is c1ccc(-c2nc(-c3ccccc3)nc(-c3c4ccccc4c(-c4cc5c6c(c4)Oc4cccc7c4B6c4c(cccc4O5)O7)c4ccccc34)n2)cc1. The van der Waals surface area contributed by atoms with Crippen LogP contribution in [0.15, 0.2) is 158 Å². The fraction of sp³-hybridized carbons (Fsp3) is 0. The maximum atomic E-state index is 6.75. The monoisotopic (exact) mass is 691 g/mol. The first-order valence-corrected chi connectivity index (χ1v) is 18.1. The van der Waals surface area contributed by atoms with Crippen LogP contribution in [0.2, 0.25) is 0 Å². The molecule has 0 N–H and O–H groups in total. The van der Waals surface area contributed by atoms with Crippen molar-refractivity contribution < 1.29 is 14.2 Å². The summed E-state index contributed by atoms with van der Waals surface area (Å²) in [6.07, 6.45) is 0. The molecule has 0 saturated heterocycles. The second-order valence-corrected chi connectivity index (χ2v) is 13.8. The Bertz CT molecular complexity index is 2850. The molecule has 250 valence electrons. The molecule has 0 radical (unpaired) electrons. The number of hydrogen-bond donors (Lipinski definition) is 0. The highest BCUT2D eigenvalue weighted by molar-refractivity contribution is 6.99. The van der Waals surface area contributed by atoms with Crippen LogP contribution in [0, 0.1) is 0 Å². The molecule has 0 bridgehead atoms. The predicted octanol–water partition coefficient (Wildman–Crippen LogP) is 9.68. The van der Waals surface area contributed by atoms with E-state index in [0.717, 1.165) is 100 Å². The van der Waals surface area contributed by atoms with Gasteiger partial charge in [0.2, 0.25) is 0 Å². The van der Waals surface area contributed by atoms with Crippen LogP contribution in [0.1, 0.15) is 0 Å². The molecule has 54 heavy (non-hydrogen) atoms. The van der Waals surface area contributed by atoms with Gasteiger partial charge in [-0.2, -0.15) is 0 Å². The van der Waals surface area contributed by atoms with E-state index in [2.05, 4.69) is 60.7 Å². The molecule has 12 rings (SSSR count). The van der Waals surface area contributed by atoms with E-state index in [0.29, 0.717) is 17.5 Å². The topological polar surface area (TPSA) is 66.4 Å². The second-order valence-electron chi connectivity index (χ2n) is 13.8. The highest BCUT2D eigenvalue weighted by Crippen LogP contribution is 2.47. The van der Waals surface area contributed by atoms with E-state index >= 15 is 0 Å². The number of aromatic nitrogens is 3. The zero-order chi connectivity index (χ0) is 35.3. The fourth-order valence-electron chi connectivity index (χ4n) is 8.56. The van der Waals surface area contributed by atoms with Crippen molar-refractivity contribution in [1.82, 2.24) is 15.0 Å². The molecule has 8 aromatic carbocycles. The predicted molar refractivity (Wildman–Crippen MR) is 214 cm³/mol. The molecule has 3 aliphatic rings. The van der Waals surface area contributed by atoms with Crippen LogP contribution in [0.25, 0.3) is 66.8 Å². The van der Waals surface area contributed by atoms with Crippen molar-refractivity contribution >= 4 is 44.6 Å². The van der Waals surface area contributed by atoms with Gasteiger partial charge in [-0.3, -0.25) is 0 Å². The van der Waals surface area contributed by atoms with E-state index in [4.69, 9.17) is 29.2 Å². The van der Waals surface area contributed by atoms with Crippen LogP contribution in [0.5, 0.6) is 34.5 Å². The minimum Gasteiger partial charge on any atom is -0.458 e. The van der Waals surface area contributed by atoms with Gasteiger partial charge in [-0.25, -0.2) is 15.0 Å². The van der Waals surface area contributed by atoms with Crippen molar-refractivity contribution in [2.24, 2.45) is 0 Å². The van der Waals surface area contributed by atoms with Crippen molar-refractivity contribution in [2.45, 2.75) is 0 Å². The molecule has 0 atom stereocenters. The highest BCUT2D eigenvalue weighted by atomic mass is 16.5. The molecule has 0 fully saturated rings. The Hall–Kier alpha value is -7.25. The van der Waals surface area contributed by atoms with Gasteiger partial charge in [0.15, 0.2) is 17.5 Å². The van der Waals surface area contributed by atoms with E-state index in [1.165, 1.54) is 0 Å². The van der Waals surface area contributed by atoms with Gasteiger partial charge in [-0.1, -0.05) is 121 Å². The van der Waals surface area contributed by atoms with Gasteiger partial charge in [0.1, 0.15) is 34.5 Å². The van der Waals surface area contributed by atoms with E-state index in [9.17, 15) is 0 Å². The summed E-state index contributed by atoms with van der Waals surface area (Å²) in [6.45, 7) is -0.0463. The van der Waals surface area contributed by atoms with Crippen LogP contribution in [0.4, 0.5) is 0 Å². The fourth-order valence-corrected chi connectivity index (χ4v) is 8.56. The van der Waals surface area contributed by atoms with Crippen LogP contribution in [0.3, 0.4) is 0 Å². The van der Waals surface area contributed by atoms with Crippen LogP contribution in [-0.2, 0) is 0 Å². The molecule has 0 saturated carbocycles. The Morgan fingerprint density at radius 2 is 0.685 bits per heavy atom. The highest BCUT2D eigenvalue weighted by Gasteiger charge is 2.46. The largest absolute Gasteiger partial charge is 0.458 e. The lowest BCUT2D eigenvalue weighted by Gasteiger charge is -2.37. The summed E-state index contributed by atoms with van der Waals surface area (Å²) in [5, 5.41) is 4.23. The van der Waals surface area contributed by atoms with Gasteiger partial charge >= 0.3 is 0 Å². The number of fused-ring (bicyclic) bond motifs is 2. The first-order valence-electron chi connectivity index (χ1n) is 18.1. The summed E-state index contributed by atoms with van der Waals surface area (Å²) in [5.74, 6) is 6.69. The lowest BCUT2D eigenvalue weighted by Crippen LogP contribution is -2.59. The van der Waals surface area contributed by atoms with Crippen molar-refractivity contribution in [3.63, 3.8) is 0 Å². The molecular formula is C47H26BN3O3. The molecule has 6 nitrogen and oxygen atoms in total. The molecule has 1 aromatic heterocycles. The number of hydrogen-bond acceptors (Lipinski definition) is 6. The standard InChI is InChI=1S/C47H26BN3O3/c1-3-13-27(14-4-1)45-49-46(28-15-5-2-6-16-28)51-47(50-45)41-32-19-9-7-17-30(32)40(31-18-8-10-20-33(31)41)29-25-38-44-39(26-29)54-37-24-12-22-35-43(37)48(44)42-34(52-35)21-11-23-36(42)53-38/h1-26H. The first-order chi connectivity index (χ1) is 26.8. The Balaban J connectivity index is 1.12. The summed E-state index contributed by atoms with van der Waals surface area (Å²) >= 11 is 0. The Labute approximate surface area is 310 Å². The molecule has 3 aliphatic heterocycles. The van der Waals surface area contributed by atoms with E-state index in [-0.39, 0.29) is 6.71 Å². The third-order valence-corrected chi connectivity index (χ3v) is 10.8. The van der Waals surface area contributed by atoms with Crippen LogP contribution in [-0.4, -0.2) is 21.7 Å². The Morgan fingerprint density at radius 1 is 0.315 bits per heavy atom. The van der Waals surface area contributed by atoms with Gasteiger partial charge in [0, 0.05) is 33.1 Å². The summed E-state index contributed by atoms with van der Waals surface area (Å²) in [7, 11) is 0. The molecule has 0 spiro atoms. The van der Waals surface area contributed by atoms with E-state index < -0.39 is 0 Å². The van der Waals surface area contributed by atoms with Gasteiger partial charge in [-0.15, -0.1) is 0 Å². The molecule has 0 amide bonds. The number of ether oxygens (including phenoxy) is 3. The zero-order valence-corrected chi connectivity index (χ0v) is 28.7. The lowest BCUT2D eigenvalue weighted by molar-refractivity contribution is 0.443. The van der Waals surface area contributed by atoms with Crippen molar-refractivity contribution in [1.29, 1.82) is 0 Å². The maximum Gasteiger partial charge on any atom is 0.270 e. The molecule has 4 heterocycles. The minimum absolute atomic E-state index is 0.0463. The van der Waals surface area contributed by atoms with Crippen molar-refractivity contribution in [3.8, 4) is 79.8 Å². The Kier molecular flexibility index (Phi) is 6.05. The normalized spacial score (nSPS) is 12.9. The lowest BCUT2D eigenvalue weighted by atomic mass is 9.34. The third-order valence-electron chi connectivity index (χ3n) is 10.8. The minimum atomic E-state index is -0.0463. The van der Waals surface area contributed by atoms with E-state index in [1.54, 1.807) is 0 Å².